The van der Waals surface area contributed by atoms with Crippen LogP contribution in [0.1, 0.15) is 34.0 Å². The van der Waals surface area contributed by atoms with Crippen molar-refractivity contribution in [3.8, 4) is 17.2 Å². The molecule has 4 rings (SSSR count). The first-order chi connectivity index (χ1) is 14.5. The highest BCUT2D eigenvalue weighted by molar-refractivity contribution is 6.15. The van der Waals surface area contributed by atoms with E-state index < -0.39 is 0 Å². The summed E-state index contributed by atoms with van der Waals surface area (Å²) in [5, 5.41) is 0. The van der Waals surface area contributed by atoms with Crippen LogP contribution in [0.5, 0.6) is 17.2 Å². The SMILES string of the molecule is CCOc1ccccc1/C=C1\Oc2cc(OCc3cccc(F)c3)cc(C)c2C1=O. The van der Waals surface area contributed by atoms with Gasteiger partial charge in [0.2, 0.25) is 5.78 Å². The van der Waals surface area contributed by atoms with E-state index in [0.29, 0.717) is 29.4 Å². The number of hydrogen-bond donors (Lipinski definition) is 0. The number of allylic oxidation sites excluding steroid dienone is 1. The molecule has 0 radical (unpaired) electrons. The molecular formula is C25H21FO4. The molecule has 3 aromatic carbocycles. The molecule has 0 N–H and O–H groups in total. The summed E-state index contributed by atoms with van der Waals surface area (Å²) >= 11 is 0. The van der Waals surface area contributed by atoms with Crippen molar-refractivity contribution in [3.63, 3.8) is 0 Å². The molecule has 1 aliphatic rings. The lowest BCUT2D eigenvalue weighted by Gasteiger charge is -2.09. The molecule has 1 heterocycles. The topological polar surface area (TPSA) is 44.8 Å². The van der Waals surface area contributed by atoms with Crippen LogP contribution < -0.4 is 14.2 Å². The normalized spacial score (nSPS) is 13.8. The molecule has 0 unspecified atom stereocenters. The average molecular weight is 404 g/mol. The number of ether oxygens (including phenoxy) is 3. The van der Waals surface area contributed by atoms with Gasteiger partial charge in [0.25, 0.3) is 0 Å². The van der Waals surface area contributed by atoms with E-state index in [-0.39, 0.29) is 24.0 Å². The summed E-state index contributed by atoms with van der Waals surface area (Å²) in [6, 6.07) is 17.2. The smallest absolute Gasteiger partial charge is 0.232 e. The van der Waals surface area contributed by atoms with Crippen molar-refractivity contribution < 1.29 is 23.4 Å². The number of fused-ring (bicyclic) bond motifs is 1. The summed E-state index contributed by atoms with van der Waals surface area (Å²) in [6.45, 7) is 4.49. The molecule has 0 atom stereocenters. The van der Waals surface area contributed by atoms with E-state index in [1.165, 1.54) is 12.1 Å². The van der Waals surface area contributed by atoms with Crippen LogP contribution in [0.2, 0.25) is 0 Å². The predicted octanol–water partition coefficient (Wildman–Crippen LogP) is 5.73. The minimum Gasteiger partial charge on any atom is -0.493 e. The average Bonchev–Trinajstić information content (AvgIpc) is 3.04. The van der Waals surface area contributed by atoms with Crippen molar-refractivity contribution in [1.82, 2.24) is 0 Å². The molecule has 0 saturated heterocycles. The van der Waals surface area contributed by atoms with Gasteiger partial charge < -0.3 is 14.2 Å². The van der Waals surface area contributed by atoms with Crippen molar-refractivity contribution in [1.29, 1.82) is 0 Å². The highest BCUT2D eigenvalue weighted by Crippen LogP contribution is 2.38. The van der Waals surface area contributed by atoms with E-state index in [1.54, 1.807) is 30.3 Å². The van der Waals surface area contributed by atoms with Crippen LogP contribution in [-0.4, -0.2) is 12.4 Å². The zero-order valence-electron chi connectivity index (χ0n) is 16.8. The molecule has 0 bridgehead atoms. The van der Waals surface area contributed by atoms with Crippen LogP contribution in [0.25, 0.3) is 6.08 Å². The molecule has 5 heteroatoms. The Morgan fingerprint density at radius 3 is 2.67 bits per heavy atom. The van der Waals surface area contributed by atoms with Gasteiger partial charge in [-0.05, 0) is 55.3 Å². The molecule has 1 aliphatic heterocycles. The van der Waals surface area contributed by atoms with Crippen LogP contribution >= 0.6 is 0 Å². The van der Waals surface area contributed by atoms with E-state index in [4.69, 9.17) is 14.2 Å². The standard InChI is InChI=1S/C25H21FO4/c1-3-28-21-10-5-4-8-18(21)13-23-25(27)24-16(2)11-20(14-22(24)30-23)29-15-17-7-6-9-19(26)12-17/h4-14H,3,15H2,1-2H3/b23-13-. The summed E-state index contributed by atoms with van der Waals surface area (Å²) in [7, 11) is 0. The fraction of sp³-hybridized carbons (Fsp3) is 0.160. The first-order valence-corrected chi connectivity index (χ1v) is 9.73. The third kappa shape index (κ3) is 4.06. The molecule has 0 fully saturated rings. The van der Waals surface area contributed by atoms with Gasteiger partial charge >= 0.3 is 0 Å². The zero-order valence-corrected chi connectivity index (χ0v) is 16.8. The zero-order chi connectivity index (χ0) is 21.1. The molecule has 0 amide bonds. The Labute approximate surface area is 174 Å². The molecular weight excluding hydrogens is 383 g/mol. The fourth-order valence-corrected chi connectivity index (χ4v) is 3.38. The van der Waals surface area contributed by atoms with Gasteiger partial charge in [-0.3, -0.25) is 4.79 Å². The monoisotopic (exact) mass is 404 g/mol. The lowest BCUT2D eigenvalue weighted by atomic mass is 10.0. The lowest BCUT2D eigenvalue weighted by Crippen LogP contribution is -2.01. The largest absolute Gasteiger partial charge is 0.493 e. The van der Waals surface area contributed by atoms with Gasteiger partial charge in [-0.2, -0.15) is 0 Å². The molecule has 4 nitrogen and oxygen atoms in total. The number of benzene rings is 3. The number of carbonyl (C=O) groups is 1. The van der Waals surface area contributed by atoms with Gasteiger partial charge in [-0.25, -0.2) is 4.39 Å². The minimum atomic E-state index is -0.308. The van der Waals surface area contributed by atoms with Crippen molar-refractivity contribution in [3.05, 3.63) is 94.5 Å². The number of para-hydroxylation sites is 1. The van der Waals surface area contributed by atoms with Crippen LogP contribution in [0.15, 0.2) is 66.4 Å². The van der Waals surface area contributed by atoms with E-state index in [1.807, 2.05) is 38.1 Å². The number of ketones is 1. The second-order valence-corrected chi connectivity index (χ2v) is 6.94. The van der Waals surface area contributed by atoms with Crippen LogP contribution in [-0.2, 0) is 6.61 Å². The number of rotatable bonds is 6. The molecule has 152 valence electrons. The molecule has 0 spiro atoms. The maximum absolute atomic E-state index is 13.4. The van der Waals surface area contributed by atoms with Gasteiger partial charge in [0.05, 0.1) is 12.2 Å². The van der Waals surface area contributed by atoms with Crippen molar-refractivity contribution in [2.45, 2.75) is 20.5 Å². The molecule has 3 aromatic rings. The van der Waals surface area contributed by atoms with Gasteiger partial charge in [0.15, 0.2) is 5.76 Å². The first-order valence-electron chi connectivity index (χ1n) is 9.73. The first kappa shape index (κ1) is 19.7. The molecule has 0 aliphatic carbocycles. The molecule has 0 saturated carbocycles. The van der Waals surface area contributed by atoms with E-state index >= 15 is 0 Å². The van der Waals surface area contributed by atoms with Gasteiger partial charge in [-0.1, -0.05) is 30.3 Å². The van der Waals surface area contributed by atoms with E-state index in [0.717, 1.165) is 16.7 Å². The van der Waals surface area contributed by atoms with E-state index in [9.17, 15) is 9.18 Å². The second-order valence-electron chi connectivity index (χ2n) is 6.94. The van der Waals surface area contributed by atoms with Crippen molar-refractivity contribution >= 4 is 11.9 Å². The highest BCUT2D eigenvalue weighted by atomic mass is 19.1. The van der Waals surface area contributed by atoms with Gasteiger partial charge in [-0.15, -0.1) is 0 Å². The predicted molar refractivity (Wildman–Crippen MR) is 112 cm³/mol. The van der Waals surface area contributed by atoms with Crippen molar-refractivity contribution in [2.75, 3.05) is 6.61 Å². The quantitative estimate of drug-likeness (QED) is 0.492. The van der Waals surface area contributed by atoms with Gasteiger partial charge in [0, 0.05) is 11.6 Å². The Morgan fingerprint density at radius 1 is 1.03 bits per heavy atom. The second kappa shape index (κ2) is 8.41. The Bertz CT molecular complexity index is 1130. The van der Waals surface area contributed by atoms with Crippen LogP contribution in [0.3, 0.4) is 0 Å². The Morgan fingerprint density at radius 2 is 1.87 bits per heavy atom. The lowest BCUT2D eigenvalue weighted by molar-refractivity contribution is 0.101. The maximum atomic E-state index is 13.4. The number of hydrogen-bond acceptors (Lipinski definition) is 4. The Balaban J connectivity index is 1.58. The van der Waals surface area contributed by atoms with Gasteiger partial charge in [0.1, 0.15) is 29.7 Å². The molecule has 0 aromatic heterocycles. The summed E-state index contributed by atoms with van der Waals surface area (Å²) in [4.78, 5) is 12.9. The Kier molecular flexibility index (Phi) is 5.53. The van der Waals surface area contributed by atoms with E-state index in [2.05, 4.69) is 0 Å². The Hall–Kier alpha value is -3.60. The van der Waals surface area contributed by atoms with Crippen LogP contribution in [0.4, 0.5) is 4.39 Å². The number of halogens is 1. The number of aryl methyl sites for hydroxylation is 1. The third-order valence-corrected chi connectivity index (χ3v) is 4.74. The number of Topliss-reactive ketones (excluding diaryl/α,β-unsaturated/α-hetero) is 1. The van der Waals surface area contributed by atoms with Crippen molar-refractivity contribution in [2.24, 2.45) is 0 Å². The summed E-state index contributed by atoms with van der Waals surface area (Å²) < 4.78 is 30.6. The summed E-state index contributed by atoms with van der Waals surface area (Å²) in [5.41, 5.74) is 2.77. The number of carbonyl (C=O) groups excluding carboxylic acids is 1. The maximum Gasteiger partial charge on any atom is 0.232 e. The fourth-order valence-electron chi connectivity index (χ4n) is 3.38. The highest BCUT2D eigenvalue weighted by Gasteiger charge is 2.30. The summed E-state index contributed by atoms with van der Waals surface area (Å²) in [6.07, 6.45) is 1.69. The third-order valence-electron chi connectivity index (χ3n) is 4.74. The summed E-state index contributed by atoms with van der Waals surface area (Å²) in [5.74, 6) is 1.45. The minimum absolute atomic E-state index is 0.175. The van der Waals surface area contributed by atoms with Crippen LogP contribution in [0, 0.1) is 12.7 Å². The molecule has 30 heavy (non-hydrogen) atoms.